The Balaban J connectivity index is 1.91. The lowest BCUT2D eigenvalue weighted by atomic mass is 10.1. The zero-order valence-corrected chi connectivity index (χ0v) is 9.92. The van der Waals surface area contributed by atoms with Gasteiger partial charge in [-0.1, -0.05) is 6.07 Å². The zero-order valence-electron chi connectivity index (χ0n) is 9.92. The van der Waals surface area contributed by atoms with Crippen LogP contribution in [-0.4, -0.2) is 25.8 Å². The van der Waals surface area contributed by atoms with E-state index in [0.717, 1.165) is 25.0 Å². The van der Waals surface area contributed by atoms with Crippen molar-refractivity contribution in [2.45, 2.75) is 25.4 Å². The maximum Gasteiger partial charge on any atom is 0.146 e. The second kappa shape index (κ2) is 5.98. The van der Waals surface area contributed by atoms with Gasteiger partial charge in [-0.25, -0.2) is 4.39 Å². The molecule has 3 nitrogen and oxygen atoms in total. The lowest BCUT2D eigenvalue weighted by Crippen LogP contribution is -2.19. The Labute approximate surface area is 101 Å². The summed E-state index contributed by atoms with van der Waals surface area (Å²) in [5.74, 6) is -0.214. The summed E-state index contributed by atoms with van der Waals surface area (Å²) in [6, 6.07) is 5.23. The van der Waals surface area contributed by atoms with Crippen molar-refractivity contribution < 1.29 is 9.13 Å². The standard InChI is InChI=1S/C13H19FN2O/c14-12-8-10(5-6-15)3-4-13(12)16-9-11-2-1-7-17-11/h3-4,8,11,16H,1-2,5-7,9,15H2. The van der Waals surface area contributed by atoms with Gasteiger partial charge in [0.25, 0.3) is 0 Å². The molecule has 1 atom stereocenters. The highest BCUT2D eigenvalue weighted by Gasteiger charge is 2.15. The number of anilines is 1. The maximum absolute atomic E-state index is 13.7. The van der Waals surface area contributed by atoms with Crippen molar-refractivity contribution in [1.29, 1.82) is 0 Å². The van der Waals surface area contributed by atoms with E-state index < -0.39 is 0 Å². The summed E-state index contributed by atoms with van der Waals surface area (Å²) in [5, 5.41) is 3.09. The third kappa shape index (κ3) is 3.41. The molecule has 0 spiro atoms. The number of hydrogen-bond donors (Lipinski definition) is 2. The highest BCUT2D eigenvalue weighted by Crippen LogP contribution is 2.18. The molecule has 3 N–H and O–H groups in total. The normalized spacial score (nSPS) is 19.5. The molecule has 4 heteroatoms. The number of rotatable bonds is 5. The van der Waals surface area contributed by atoms with Gasteiger partial charge in [0.15, 0.2) is 0 Å². The van der Waals surface area contributed by atoms with Crippen molar-refractivity contribution in [2.24, 2.45) is 5.73 Å². The van der Waals surface area contributed by atoms with Crippen LogP contribution >= 0.6 is 0 Å². The van der Waals surface area contributed by atoms with Gasteiger partial charge in [-0.05, 0) is 43.5 Å². The Morgan fingerprint density at radius 3 is 3.00 bits per heavy atom. The third-order valence-electron chi connectivity index (χ3n) is 3.01. The first-order valence-electron chi connectivity index (χ1n) is 6.13. The minimum atomic E-state index is -0.214. The second-order valence-corrected chi connectivity index (χ2v) is 4.37. The minimum absolute atomic E-state index is 0.214. The van der Waals surface area contributed by atoms with Gasteiger partial charge in [0, 0.05) is 13.2 Å². The molecule has 94 valence electrons. The van der Waals surface area contributed by atoms with Crippen LogP contribution in [0, 0.1) is 5.82 Å². The molecular formula is C13H19FN2O. The summed E-state index contributed by atoms with van der Waals surface area (Å²) in [4.78, 5) is 0. The average Bonchev–Trinajstić information content (AvgIpc) is 2.81. The van der Waals surface area contributed by atoms with Crippen LogP contribution in [0.3, 0.4) is 0 Å². The van der Waals surface area contributed by atoms with Gasteiger partial charge >= 0.3 is 0 Å². The van der Waals surface area contributed by atoms with Gasteiger partial charge in [-0.2, -0.15) is 0 Å². The number of benzene rings is 1. The summed E-state index contributed by atoms with van der Waals surface area (Å²) >= 11 is 0. The lowest BCUT2D eigenvalue weighted by Gasteiger charge is -2.13. The summed E-state index contributed by atoms with van der Waals surface area (Å²) in [6.07, 6.45) is 3.09. The van der Waals surface area contributed by atoms with Crippen LogP contribution in [0.4, 0.5) is 10.1 Å². The monoisotopic (exact) mass is 238 g/mol. The van der Waals surface area contributed by atoms with Crippen molar-refractivity contribution in [1.82, 2.24) is 0 Å². The van der Waals surface area contributed by atoms with Crippen LogP contribution in [0.2, 0.25) is 0 Å². The van der Waals surface area contributed by atoms with Crippen LogP contribution in [0.15, 0.2) is 18.2 Å². The van der Waals surface area contributed by atoms with Crippen molar-refractivity contribution in [3.63, 3.8) is 0 Å². The van der Waals surface area contributed by atoms with Crippen molar-refractivity contribution in [3.05, 3.63) is 29.6 Å². The first-order valence-corrected chi connectivity index (χ1v) is 6.13. The van der Waals surface area contributed by atoms with Crippen LogP contribution in [0.5, 0.6) is 0 Å². The van der Waals surface area contributed by atoms with E-state index in [0.29, 0.717) is 25.2 Å². The predicted octanol–water partition coefficient (Wildman–Crippen LogP) is 1.92. The molecule has 1 unspecified atom stereocenters. The summed E-state index contributed by atoms with van der Waals surface area (Å²) in [7, 11) is 0. The van der Waals surface area contributed by atoms with Gasteiger partial charge in [0.05, 0.1) is 11.8 Å². The van der Waals surface area contributed by atoms with E-state index in [9.17, 15) is 4.39 Å². The molecule has 17 heavy (non-hydrogen) atoms. The highest BCUT2D eigenvalue weighted by molar-refractivity contribution is 5.46. The summed E-state index contributed by atoms with van der Waals surface area (Å²) in [5.41, 5.74) is 6.92. The van der Waals surface area contributed by atoms with Gasteiger partial charge in [0.2, 0.25) is 0 Å². The molecule has 2 rings (SSSR count). The zero-order chi connectivity index (χ0) is 12.1. The highest BCUT2D eigenvalue weighted by atomic mass is 19.1. The Bertz CT molecular complexity index is 364. The quantitative estimate of drug-likeness (QED) is 0.824. The van der Waals surface area contributed by atoms with Crippen LogP contribution in [0.25, 0.3) is 0 Å². The molecule has 0 aliphatic carbocycles. The molecule has 1 heterocycles. The van der Waals surface area contributed by atoms with E-state index in [1.165, 1.54) is 0 Å². The molecule has 1 aromatic rings. The number of nitrogens with two attached hydrogens (primary N) is 1. The third-order valence-corrected chi connectivity index (χ3v) is 3.01. The van der Waals surface area contributed by atoms with E-state index in [4.69, 9.17) is 10.5 Å². The smallest absolute Gasteiger partial charge is 0.146 e. The van der Waals surface area contributed by atoms with E-state index >= 15 is 0 Å². The Hall–Kier alpha value is -1.13. The molecule has 1 aromatic carbocycles. The van der Waals surface area contributed by atoms with Gasteiger partial charge in [-0.3, -0.25) is 0 Å². The molecule has 1 aliphatic heterocycles. The van der Waals surface area contributed by atoms with Crippen molar-refractivity contribution in [2.75, 3.05) is 25.0 Å². The van der Waals surface area contributed by atoms with Crippen LogP contribution in [-0.2, 0) is 11.2 Å². The molecule has 0 radical (unpaired) electrons. The van der Waals surface area contributed by atoms with Gasteiger partial charge in [0.1, 0.15) is 5.82 Å². The van der Waals surface area contributed by atoms with E-state index in [2.05, 4.69) is 5.32 Å². The van der Waals surface area contributed by atoms with Crippen molar-refractivity contribution >= 4 is 5.69 Å². The maximum atomic E-state index is 13.7. The predicted molar refractivity (Wildman–Crippen MR) is 66.6 cm³/mol. The molecular weight excluding hydrogens is 219 g/mol. The second-order valence-electron chi connectivity index (χ2n) is 4.37. The topological polar surface area (TPSA) is 47.3 Å². The van der Waals surface area contributed by atoms with E-state index in [-0.39, 0.29) is 11.9 Å². The summed E-state index contributed by atoms with van der Waals surface area (Å²) in [6.45, 7) is 2.04. The fraction of sp³-hybridized carbons (Fsp3) is 0.538. The first-order chi connectivity index (χ1) is 8.29. The molecule has 1 aliphatic rings. The number of ether oxygens (including phenoxy) is 1. The largest absolute Gasteiger partial charge is 0.380 e. The molecule has 1 saturated heterocycles. The molecule has 1 fully saturated rings. The Morgan fingerprint density at radius 1 is 1.47 bits per heavy atom. The molecule has 0 amide bonds. The number of hydrogen-bond acceptors (Lipinski definition) is 3. The number of nitrogens with one attached hydrogen (secondary N) is 1. The SMILES string of the molecule is NCCc1ccc(NCC2CCCO2)c(F)c1. The molecule has 0 aromatic heterocycles. The van der Waals surface area contributed by atoms with Gasteiger partial charge in [-0.15, -0.1) is 0 Å². The lowest BCUT2D eigenvalue weighted by molar-refractivity contribution is 0.120. The minimum Gasteiger partial charge on any atom is -0.380 e. The fourth-order valence-corrected chi connectivity index (χ4v) is 2.05. The Morgan fingerprint density at radius 2 is 2.35 bits per heavy atom. The fourth-order valence-electron chi connectivity index (χ4n) is 2.05. The van der Waals surface area contributed by atoms with Crippen molar-refractivity contribution in [3.8, 4) is 0 Å². The summed E-state index contributed by atoms with van der Waals surface area (Å²) < 4.78 is 19.2. The molecule has 0 bridgehead atoms. The van der Waals surface area contributed by atoms with E-state index in [1.807, 2.05) is 6.07 Å². The van der Waals surface area contributed by atoms with Crippen LogP contribution < -0.4 is 11.1 Å². The van der Waals surface area contributed by atoms with Gasteiger partial charge < -0.3 is 15.8 Å². The van der Waals surface area contributed by atoms with Crippen LogP contribution in [0.1, 0.15) is 18.4 Å². The van der Waals surface area contributed by atoms with E-state index in [1.54, 1.807) is 12.1 Å². The Kier molecular flexibility index (Phi) is 4.34. The number of halogens is 1. The first kappa shape index (κ1) is 12.3. The average molecular weight is 238 g/mol. The molecule has 0 saturated carbocycles.